The summed E-state index contributed by atoms with van der Waals surface area (Å²) in [6, 6.07) is 6.40. The topological polar surface area (TPSA) is 29.9 Å². The number of aryl methyl sites for hydroxylation is 1. The highest BCUT2D eigenvalue weighted by Crippen LogP contribution is 2.21. The molecule has 0 amide bonds. The van der Waals surface area contributed by atoms with E-state index in [2.05, 4.69) is 10.3 Å². The zero-order chi connectivity index (χ0) is 11.5. The summed E-state index contributed by atoms with van der Waals surface area (Å²) in [7, 11) is 3.84. The lowest BCUT2D eigenvalue weighted by Crippen LogP contribution is -2.09. The fourth-order valence-corrected chi connectivity index (χ4v) is 1.68. The quantitative estimate of drug-likeness (QED) is 0.855. The van der Waals surface area contributed by atoms with E-state index in [-0.39, 0.29) is 5.82 Å². The van der Waals surface area contributed by atoms with E-state index in [0.717, 1.165) is 23.5 Å². The molecule has 1 aromatic heterocycles. The highest BCUT2D eigenvalue weighted by atomic mass is 19.1. The standard InChI is InChI=1S/C12H14FN3/c1-14-7-11-12(15-8-16(11)2)9-3-5-10(13)6-4-9/h3-6,8,14H,7H2,1-2H3. The van der Waals surface area contributed by atoms with E-state index in [1.54, 1.807) is 18.5 Å². The molecule has 2 aromatic rings. The minimum atomic E-state index is -0.227. The lowest BCUT2D eigenvalue weighted by atomic mass is 10.1. The number of imidazole rings is 1. The Balaban J connectivity index is 2.43. The first-order chi connectivity index (χ1) is 7.72. The Labute approximate surface area is 93.9 Å². The van der Waals surface area contributed by atoms with Gasteiger partial charge in [-0.05, 0) is 31.3 Å². The monoisotopic (exact) mass is 219 g/mol. The number of hydrogen-bond acceptors (Lipinski definition) is 2. The maximum atomic E-state index is 12.8. The summed E-state index contributed by atoms with van der Waals surface area (Å²) in [4.78, 5) is 4.33. The summed E-state index contributed by atoms with van der Waals surface area (Å²) < 4.78 is 14.8. The molecule has 2 rings (SSSR count). The molecule has 0 radical (unpaired) electrons. The van der Waals surface area contributed by atoms with Crippen LogP contribution >= 0.6 is 0 Å². The van der Waals surface area contributed by atoms with Gasteiger partial charge in [0.05, 0.1) is 17.7 Å². The molecule has 0 aliphatic heterocycles. The van der Waals surface area contributed by atoms with Crippen LogP contribution in [0.15, 0.2) is 30.6 Å². The first-order valence-electron chi connectivity index (χ1n) is 5.13. The number of aromatic nitrogens is 2. The summed E-state index contributed by atoms with van der Waals surface area (Å²) in [5, 5.41) is 3.10. The molecule has 0 bridgehead atoms. The van der Waals surface area contributed by atoms with Gasteiger partial charge < -0.3 is 9.88 Å². The summed E-state index contributed by atoms with van der Waals surface area (Å²) in [6.07, 6.45) is 1.77. The zero-order valence-electron chi connectivity index (χ0n) is 9.37. The number of benzene rings is 1. The van der Waals surface area contributed by atoms with Gasteiger partial charge in [0, 0.05) is 19.2 Å². The summed E-state index contributed by atoms with van der Waals surface area (Å²) in [6.45, 7) is 0.739. The minimum absolute atomic E-state index is 0.227. The van der Waals surface area contributed by atoms with Crippen LogP contribution in [0.5, 0.6) is 0 Å². The van der Waals surface area contributed by atoms with E-state index in [1.165, 1.54) is 12.1 Å². The highest BCUT2D eigenvalue weighted by molar-refractivity contribution is 5.61. The third-order valence-corrected chi connectivity index (χ3v) is 2.52. The summed E-state index contributed by atoms with van der Waals surface area (Å²) in [5.74, 6) is -0.227. The first-order valence-corrected chi connectivity index (χ1v) is 5.13. The van der Waals surface area contributed by atoms with Crippen molar-refractivity contribution < 1.29 is 4.39 Å². The van der Waals surface area contributed by atoms with Crippen LogP contribution in [0.4, 0.5) is 4.39 Å². The van der Waals surface area contributed by atoms with Gasteiger partial charge in [0.15, 0.2) is 0 Å². The Bertz CT molecular complexity index is 474. The van der Waals surface area contributed by atoms with Crippen molar-refractivity contribution in [3.05, 3.63) is 42.1 Å². The number of rotatable bonds is 3. The molecule has 84 valence electrons. The largest absolute Gasteiger partial charge is 0.336 e. The number of nitrogens with one attached hydrogen (secondary N) is 1. The predicted molar refractivity (Wildman–Crippen MR) is 61.4 cm³/mol. The van der Waals surface area contributed by atoms with Crippen LogP contribution in [-0.2, 0) is 13.6 Å². The molecule has 3 nitrogen and oxygen atoms in total. The smallest absolute Gasteiger partial charge is 0.123 e. The van der Waals surface area contributed by atoms with Gasteiger partial charge in [-0.15, -0.1) is 0 Å². The molecule has 0 unspecified atom stereocenters. The molecule has 0 atom stereocenters. The van der Waals surface area contributed by atoms with E-state index in [4.69, 9.17) is 0 Å². The van der Waals surface area contributed by atoms with Gasteiger partial charge >= 0.3 is 0 Å². The normalized spacial score (nSPS) is 10.7. The van der Waals surface area contributed by atoms with Crippen molar-refractivity contribution in [2.24, 2.45) is 7.05 Å². The zero-order valence-corrected chi connectivity index (χ0v) is 9.37. The molecular formula is C12H14FN3. The van der Waals surface area contributed by atoms with Crippen molar-refractivity contribution in [3.63, 3.8) is 0 Å². The predicted octanol–water partition coefficient (Wildman–Crippen LogP) is 1.95. The molecule has 0 spiro atoms. The van der Waals surface area contributed by atoms with E-state index in [0.29, 0.717) is 0 Å². The number of hydrogen-bond donors (Lipinski definition) is 1. The second-order valence-electron chi connectivity index (χ2n) is 3.69. The van der Waals surface area contributed by atoms with Gasteiger partial charge in [-0.3, -0.25) is 0 Å². The molecule has 1 N–H and O–H groups in total. The maximum Gasteiger partial charge on any atom is 0.123 e. The molecular weight excluding hydrogens is 205 g/mol. The van der Waals surface area contributed by atoms with Crippen LogP contribution in [0, 0.1) is 5.82 Å². The minimum Gasteiger partial charge on any atom is -0.336 e. The van der Waals surface area contributed by atoms with Gasteiger partial charge in [-0.2, -0.15) is 0 Å². The molecule has 1 aromatic carbocycles. The van der Waals surface area contributed by atoms with E-state index in [9.17, 15) is 4.39 Å². The Morgan fingerprint density at radius 2 is 2.00 bits per heavy atom. The molecule has 0 aliphatic carbocycles. The lowest BCUT2D eigenvalue weighted by molar-refractivity contribution is 0.628. The van der Waals surface area contributed by atoms with Crippen LogP contribution in [0.2, 0.25) is 0 Å². The van der Waals surface area contributed by atoms with Crippen molar-refractivity contribution in [1.82, 2.24) is 14.9 Å². The van der Waals surface area contributed by atoms with E-state index in [1.807, 2.05) is 18.7 Å². The SMILES string of the molecule is CNCc1c(-c2ccc(F)cc2)ncn1C. The van der Waals surface area contributed by atoms with Crippen LogP contribution in [-0.4, -0.2) is 16.6 Å². The second-order valence-corrected chi connectivity index (χ2v) is 3.69. The molecule has 0 aliphatic rings. The van der Waals surface area contributed by atoms with Gasteiger partial charge in [0.2, 0.25) is 0 Å². The Hall–Kier alpha value is -1.68. The van der Waals surface area contributed by atoms with Gasteiger partial charge in [-0.25, -0.2) is 9.37 Å². The van der Waals surface area contributed by atoms with Crippen molar-refractivity contribution in [2.45, 2.75) is 6.54 Å². The molecule has 0 saturated heterocycles. The molecule has 0 saturated carbocycles. The number of nitrogens with zero attached hydrogens (tertiary/aromatic N) is 2. The Morgan fingerprint density at radius 1 is 1.31 bits per heavy atom. The molecule has 1 heterocycles. The average Bonchev–Trinajstić information content (AvgIpc) is 2.63. The second kappa shape index (κ2) is 4.45. The third-order valence-electron chi connectivity index (χ3n) is 2.52. The number of halogens is 1. The van der Waals surface area contributed by atoms with E-state index < -0.39 is 0 Å². The third kappa shape index (κ3) is 1.97. The first kappa shape index (κ1) is 10.8. The van der Waals surface area contributed by atoms with Crippen LogP contribution in [0.25, 0.3) is 11.3 Å². The van der Waals surface area contributed by atoms with Gasteiger partial charge in [-0.1, -0.05) is 0 Å². The molecule has 4 heteroatoms. The van der Waals surface area contributed by atoms with Crippen molar-refractivity contribution in [2.75, 3.05) is 7.05 Å². The highest BCUT2D eigenvalue weighted by Gasteiger charge is 2.09. The van der Waals surface area contributed by atoms with E-state index >= 15 is 0 Å². The lowest BCUT2D eigenvalue weighted by Gasteiger charge is -2.05. The van der Waals surface area contributed by atoms with Crippen LogP contribution < -0.4 is 5.32 Å². The fraction of sp³-hybridized carbons (Fsp3) is 0.250. The van der Waals surface area contributed by atoms with Crippen LogP contribution in [0.3, 0.4) is 0 Å². The van der Waals surface area contributed by atoms with Gasteiger partial charge in [0.1, 0.15) is 5.82 Å². The molecule has 0 fully saturated rings. The van der Waals surface area contributed by atoms with Crippen molar-refractivity contribution in [1.29, 1.82) is 0 Å². The average molecular weight is 219 g/mol. The van der Waals surface area contributed by atoms with Crippen molar-refractivity contribution >= 4 is 0 Å². The maximum absolute atomic E-state index is 12.8. The molecule has 16 heavy (non-hydrogen) atoms. The Kier molecular flexibility index (Phi) is 3.01. The van der Waals surface area contributed by atoms with Crippen molar-refractivity contribution in [3.8, 4) is 11.3 Å². The summed E-state index contributed by atoms with van der Waals surface area (Å²) in [5.41, 5.74) is 2.93. The summed E-state index contributed by atoms with van der Waals surface area (Å²) >= 11 is 0. The van der Waals surface area contributed by atoms with Crippen LogP contribution in [0.1, 0.15) is 5.69 Å². The Morgan fingerprint density at radius 3 is 2.62 bits per heavy atom. The fourth-order valence-electron chi connectivity index (χ4n) is 1.68. The van der Waals surface area contributed by atoms with Gasteiger partial charge in [0.25, 0.3) is 0 Å².